The first-order chi connectivity index (χ1) is 8.61. The van der Waals surface area contributed by atoms with E-state index in [1.54, 1.807) is 24.3 Å². The van der Waals surface area contributed by atoms with Crippen LogP contribution in [0.1, 0.15) is 32.3 Å². The van der Waals surface area contributed by atoms with E-state index in [9.17, 15) is 4.79 Å². The van der Waals surface area contributed by atoms with Crippen molar-refractivity contribution < 1.29 is 9.90 Å². The molecule has 0 unspecified atom stereocenters. The van der Waals surface area contributed by atoms with Crippen molar-refractivity contribution in [2.24, 2.45) is 0 Å². The fourth-order valence-corrected chi connectivity index (χ4v) is 1.56. The van der Waals surface area contributed by atoms with Crippen molar-refractivity contribution in [3.05, 3.63) is 29.8 Å². The van der Waals surface area contributed by atoms with E-state index in [1.807, 2.05) is 0 Å². The highest BCUT2D eigenvalue weighted by molar-refractivity contribution is 5.90. The van der Waals surface area contributed by atoms with Crippen LogP contribution in [-0.4, -0.2) is 23.6 Å². The summed E-state index contributed by atoms with van der Waals surface area (Å²) in [5.74, 6) is 0.0253. The molecule has 0 fully saturated rings. The van der Waals surface area contributed by atoms with Crippen LogP contribution in [0.25, 0.3) is 0 Å². The maximum Gasteiger partial charge on any atom is 0.224 e. The number of benzene rings is 1. The van der Waals surface area contributed by atoms with Crippen LogP contribution in [0.2, 0.25) is 0 Å². The summed E-state index contributed by atoms with van der Waals surface area (Å²) in [5.41, 5.74) is 1.61. The molecule has 0 aliphatic rings. The lowest BCUT2D eigenvalue weighted by molar-refractivity contribution is -0.116. The topological polar surface area (TPSA) is 61.4 Å². The highest BCUT2D eigenvalue weighted by atomic mass is 16.3. The summed E-state index contributed by atoms with van der Waals surface area (Å²) in [4.78, 5) is 11.6. The van der Waals surface area contributed by atoms with Gasteiger partial charge in [-0.1, -0.05) is 26.0 Å². The molecule has 18 heavy (non-hydrogen) atoms. The Hall–Kier alpha value is -1.39. The third-order valence-electron chi connectivity index (χ3n) is 2.55. The van der Waals surface area contributed by atoms with Crippen molar-refractivity contribution in [3.63, 3.8) is 0 Å². The number of rotatable bonds is 7. The number of carbonyl (C=O) groups excluding carboxylic acids is 1. The Labute approximate surface area is 108 Å². The molecular formula is C14H22N2O2. The van der Waals surface area contributed by atoms with E-state index in [4.69, 9.17) is 5.11 Å². The summed E-state index contributed by atoms with van der Waals surface area (Å²) < 4.78 is 0. The molecule has 1 aromatic rings. The van der Waals surface area contributed by atoms with Gasteiger partial charge < -0.3 is 15.7 Å². The highest BCUT2D eigenvalue weighted by Crippen LogP contribution is 2.10. The summed E-state index contributed by atoms with van der Waals surface area (Å²) in [6, 6.07) is 7.66. The van der Waals surface area contributed by atoms with Gasteiger partial charge in [-0.25, -0.2) is 0 Å². The predicted molar refractivity (Wildman–Crippen MR) is 73.4 cm³/mol. The number of nitrogens with one attached hydrogen (secondary N) is 2. The van der Waals surface area contributed by atoms with Crippen LogP contribution in [0, 0.1) is 0 Å². The van der Waals surface area contributed by atoms with Crippen LogP contribution in [0.4, 0.5) is 5.69 Å². The first kappa shape index (κ1) is 14.7. The summed E-state index contributed by atoms with van der Waals surface area (Å²) in [6.07, 6.45) is 1.35. The van der Waals surface area contributed by atoms with Crippen molar-refractivity contribution in [2.45, 2.75) is 39.3 Å². The van der Waals surface area contributed by atoms with Gasteiger partial charge in [0.1, 0.15) is 0 Å². The summed E-state index contributed by atoms with van der Waals surface area (Å²) in [6.45, 7) is 5.05. The average molecular weight is 250 g/mol. The molecule has 0 aliphatic carbocycles. The van der Waals surface area contributed by atoms with Crippen LogP contribution in [-0.2, 0) is 11.4 Å². The van der Waals surface area contributed by atoms with Crippen LogP contribution in [0.3, 0.4) is 0 Å². The van der Waals surface area contributed by atoms with E-state index in [-0.39, 0.29) is 12.5 Å². The van der Waals surface area contributed by atoms with Gasteiger partial charge in [0.15, 0.2) is 0 Å². The van der Waals surface area contributed by atoms with E-state index in [2.05, 4.69) is 24.5 Å². The molecule has 0 bridgehead atoms. The molecule has 0 heterocycles. The smallest absolute Gasteiger partial charge is 0.224 e. The van der Waals surface area contributed by atoms with Gasteiger partial charge in [-0.3, -0.25) is 4.79 Å². The van der Waals surface area contributed by atoms with E-state index in [0.29, 0.717) is 12.5 Å². The molecular weight excluding hydrogens is 228 g/mol. The zero-order valence-electron chi connectivity index (χ0n) is 11.1. The molecule has 100 valence electrons. The van der Waals surface area contributed by atoms with Crippen LogP contribution >= 0.6 is 0 Å². The van der Waals surface area contributed by atoms with Gasteiger partial charge in [0, 0.05) is 18.2 Å². The zero-order valence-corrected chi connectivity index (χ0v) is 11.1. The van der Waals surface area contributed by atoms with Crippen LogP contribution in [0.5, 0.6) is 0 Å². The summed E-state index contributed by atoms with van der Waals surface area (Å²) >= 11 is 0. The normalized spacial score (nSPS) is 10.7. The second-order valence-electron chi connectivity index (χ2n) is 4.62. The third kappa shape index (κ3) is 5.80. The van der Waals surface area contributed by atoms with Crippen molar-refractivity contribution in [2.75, 3.05) is 11.9 Å². The van der Waals surface area contributed by atoms with Crippen molar-refractivity contribution in [1.82, 2.24) is 5.32 Å². The van der Waals surface area contributed by atoms with Gasteiger partial charge in [0.05, 0.1) is 6.61 Å². The van der Waals surface area contributed by atoms with Gasteiger partial charge in [-0.15, -0.1) is 0 Å². The molecule has 0 spiro atoms. The number of hydrogen-bond donors (Lipinski definition) is 3. The van der Waals surface area contributed by atoms with Gasteiger partial charge in [-0.2, -0.15) is 0 Å². The maximum atomic E-state index is 11.6. The monoisotopic (exact) mass is 250 g/mol. The minimum atomic E-state index is 0.0229. The summed E-state index contributed by atoms with van der Waals surface area (Å²) in [7, 11) is 0. The van der Waals surface area contributed by atoms with Gasteiger partial charge in [-0.05, 0) is 30.7 Å². The molecule has 0 radical (unpaired) electrons. The van der Waals surface area contributed by atoms with Crippen molar-refractivity contribution in [1.29, 1.82) is 0 Å². The Morgan fingerprint density at radius 1 is 1.28 bits per heavy atom. The number of aliphatic hydroxyl groups excluding tert-OH is 1. The number of hydrogen-bond acceptors (Lipinski definition) is 3. The van der Waals surface area contributed by atoms with Crippen molar-refractivity contribution >= 4 is 11.6 Å². The van der Waals surface area contributed by atoms with E-state index in [0.717, 1.165) is 24.2 Å². The van der Waals surface area contributed by atoms with E-state index < -0.39 is 0 Å². The lowest BCUT2D eigenvalue weighted by Gasteiger charge is -2.08. The Kier molecular flexibility index (Phi) is 6.39. The molecule has 1 amide bonds. The standard InChI is InChI=1S/C14H22N2O2/c1-11(2)15-9-3-4-14(18)16-13-7-5-12(10-17)6-8-13/h5-8,11,15,17H,3-4,9-10H2,1-2H3,(H,16,18). The zero-order chi connectivity index (χ0) is 13.4. The predicted octanol–water partition coefficient (Wildman–Crippen LogP) is 1.90. The number of carbonyl (C=O) groups is 1. The molecule has 4 nitrogen and oxygen atoms in total. The summed E-state index contributed by atoms with van der Waals surface area (Å²) in [5, 5.41) is 15.0. The molecule has 0 saturated carbocycles. The Morgan fingerprint density at radius 2 is 1.94 bits per heavy atom. The Morgan fingerprint density at radius 3 is 2.50 bits per heavy atom. The van der Waals surface area contributed by atoms with E-state index in [1.165, 1.54) is 0 Å². The molecule has 1 aromatic carbocycles. The lowest BCUT2D eigenvalue weighted by atomic mass is 10.2. The third-order valence-corrected chi connectivity index (χ3v) is 2.55. The Balaban J connectivity index is 2.26. The molecule has 0 aliphatic heterocycles. The Bertz CT molecular complexity index is 361. The first-order valence-electron chi connectivity index (χ1n) is 6.35. The van der Waals surface area contributed by atoms with Crippen LogP contribution < -0.4 is 10.6 Å². The first-order valence-corrected chi connectivity index (χ1v) is 6.35. The highest BCUT2D eigenvalue weighted by Gasteiger charge is 2.02. The second kappa shape index (κ2) is 7.84. The van der Waals surface area contributed by atoms with E-state index >= 15 is 0 Å². The van der Waals surface area contributed by atoms with Gasteiger partial charge >= 0.3 is 0 Å². The number of amides is 1. The second-order valence-corrected chi connectivity index (χ2v) is 4.62. The fourth-order valence-electron chi connectivity index (χ4n) is 1.56. The molecule has 0 aromatic heterocycles. The minimum absolute atomic E-state index is 0.0229. The molecule has 3 N–H and O–H groups in total. The largest absolute Gasteiger partial charge is 0.392 e. The quantitative estimate of drug-likeness (QED) is 0.648. The SMILES string of the molecule is CC(C)NCCCC(=O)Nc1ccc(CO)cc1. The molecule has 0 atom stereocenters. The molecule has 1 rings (SSSR count). The minimum Gasteiger partial charge on any atom is -0.392 e. The maximum absolute atomic E-state index is 11.6. The lowest BCUT2D eigenvalue weighted by Crippen LogP contribution is -2.24. The fraction of sp³-hybridized carbons (Fsp3) is 0.500. The van der Waals surface area contributed by atoms with Crippen molar-refractivity contribution in [3.8, 4) is 0 Å². The van der Waals surface area contributed by atoms with Crippen LogP contribution in [0.15, 0.2) is 24.3 Å². The number of anilines is 1. The van der Waals surface area contributed by atoms with Gasteiger partial charge in [0.25, 0.3) is 0 Å². The number of aliphatic hydroxyl groups is 1. The van der Waals surface area contributed by atoms with Gasteiger partial charge in [0.2, 0.25) is 5.91 Å². The molecule has 0 saturated heterocycles. The average Bonchev–Trinajstić information content (AvgIpc) is 2.35. The molecule has 4 heteroatoms.